The molecule has 6 heteroatoms. The van der Waals surface area contributed by atoms with Crippen molar-refractivity contribution in [1.82, 2.24) is 0 Å². The van der Waals surface area contributed by atoms with Crippen LogP contribution in [0.4, 0.5) is 5.69 Å². The van der Waals surface area contributed by atoms with Gasteiger partial charge in [0.05, 0.1) is 17.4 Å². The molecule has 1 aromatic heterocycles. The number of nitro benzene ring substituents is 1. The largest absolute Gasteiger partial charge is 0.472 e. The highest BCUT2D eigenvalue weighted by Crippen LogP contribution is 2.60. The SMILES string of the molecule is O=[N+]([O-])c1ccc(S[C@@H]2[C@H]3c4cocc4[C@@H]2C[C@H]3Cl)cc1. The summed E-state index contributed by atoms with van der Waals surface area (Å²) in [4.78, 5) is 11.4. The lowest BCUT2D eigenvalue weighted by Crippen LogP contribution is -2.11. The normalized spacial score (nSPS) is 29.6. The number of hydrogen-bond acceptors (Lipinski definition) is 4. The third-order valence-corrected chi connectivity index (χ3v) is 6.31. The van der Waals surface area contributed by atoms with Crippen molar-refractivity contribution in [1.29, 1.82) is 0 Å². The van der Waals surface area contributed by atoms with Crippen LogP contribution in [0.1, 0.15) is 29.4 Å². The van der Waals surface area contributed by atoms with Crippen LogP contribution < -0.4 is 0 Å². The van der Waals surface area contributed by atoms with E-state index in [1.807, 2.05) is 24.7 Å². The summed E-state index contributed by atoms with van der Waals surface area (Å²) >= 11 is 8.24. The molecule has 2 aliphatic carbocycles. The average Bonchev–Trinajstić information content (AvgIpc) is 3.10. The summed E-state index contributed by atoms with van der Waals surface area (Å²) in [6.45, 7) is 0. The smallest absolute Gasteiger partial charge is 0.269 e. The Bertz CT molecular complexity index is 699. The van der Waals surface area contributed by atoms with Crippen molar-refractivity contribution in [2.45, 2.75) is 33.8 Å². The first kappa shape index (κ1) is 13.2. The molecule has 0 N–H and O–H groups in total. The molecule has 1 heterocycles. The lowest BCUT2D eigenvalue weighted by Gasteiger charge is -2.17. The maximum absolute atomic E-state index is 10.7. The van der Waals surface area contributed by atoms with E-state index >= 15 is 0 Å². The van der Waals surface area contributed by atoms with Gasteiger partial charge in [-0.2, -0.15) is 0 Å². The van der Waals surface area contributed by atoms with Crippen LogP contribution in [0.5, 0.6) is 0 Å². The molecule has 21 heavy (non-hydrogen) atoms. The minimum Gasteiger partial charge on any atom is -0.472 e. The van der Waals surface area contributed by atoms with E-state index in [0.717, 1.165) is 11.3 Å². The zero-order chi connectivity index (χ0) is 14.6. The molecule has 1 fully saturated rings. The van der Waals surface area contributed by atoms with Gasteiger partial charge < -0.3 is 4.42 Å². The van der Waals surface area contributed by atoms with Gasteiger partial charge in [0.15, 0.2) is 0 Å². The second kappa shape index (κ2) is 4.78. The van der Waals surface area contributed by atoms with E-state index in [1.54, 1.807) is 23.9 Å². The van der Waals surface area contributed by atoms with E-state index in [2.05, 4.69) is 0 Å². The number of benzene rings is 1. The van der Waals surface area contributed by atoms with Crippen LogP contribution in [0.25, 0.3) is 0 Å². The molecule has 108 valence electrons. The van der Waals surface area contributed by atoms with Gasteiger partial charge in [-0.1, -0.05) is 0 Å². The Balaban J connectivity index is 1.59. The maximum atomic E-state index is 10.7. The first-order valence-electron chi connectivity index (χ1n) is 6.76. The monoisotopic (exact) mass is 321 g/mol. The molecule has 2 aliphatic rings. The van der Waals surface area contributed by atoms with E-state index in [-0.39, 0.29) is 16.0 Å². The first-order valence-corrected chi connectivity index (χ1v) is 8.08. The van der Waals surface area contributed by atoms with Gasteiger partial charge in [-0.3, -0.25) is 10.1 Å². The Morgan fingerprint density at radius 2 is 1.95 bits per heavy atom. The summed E-state index contributed by atoms with van der Waals surface area (Å²) in [6, 6.07) is 6.75. The van der Waals surface area contributed by atoms with Gasteiger partial charge in [0.1, 0.15) is 0 Å². The van der Waals surface area contributed by atoms with Gasteiger partial charge in [0, 0.05) is 39.5 Å². The highest BCUT2D eigenvalue weighted by molar-refractivity contribution is 8.00. The quantitative estimate of drug-likeness (QED) is 0.473. The Labute approximate surface area is 130 Å². The molecule has 0 amide bonds. The Kier molecular flexibility index (Phi) is 3.01. The number of halogens is 1. The van der Waals surface area contributed by atoms with Gasteiger partial charge in [-0.15, -0.1) is 23.4 Å². The number of thioether (sulfide) groups is 1. The standard InChI is InChI=1S/C15H12ClNO3S/c16-13-5-10-11-6-20-7-12(11)14(13)15(10)21-9-3-1-8(2-4-9)17(18)19/h1-4,6-7,10,13-15H,5H2/t10-,13+,14-,15-/m0/s1. The molecule has 1 aromatic carbocycles. The fraction of sp³-hybridized carbons (Fsp3) is 0.333. The molecule has 0 saturated heterocycles. The molecule has 0 radical (unpaired) electrons. The summed E-state index contributed by atoms with van der Waals surface area (Å²) in [5.41, 5.74) is 2.65. The third-order valence-electron chi connectivity index (χ3n) is 4.42. The van der Waals surface area contributed by atoms with Crippen molar-refractivity contribution in [3.8, 4) is 0 Å². The number of rotatable bonds is 3. The van der Waals surface area contributed by atoms with Crippen molar-refractivity contribution in [2.75, 3.05) is 0 Å². The highest BCUT2D eigenvalue weighted by Gasteiger charge is 2.52. The van der Waals surface area contributed by atoms with E-state index in [0.29, 0.717) is 17.1 Å². The minimum atomic E-state index is -0.375. The Morgan fingerprint density at radius 3 is 2.67 bits per heavy atom. The summed E-state index contributed by atoms with van der Waals surface area (Å²) in [5, 5.41) is 11.2. The number of furan rings is 1. The van der Waals surface area contributed by atoms with E-state index in [4.69, 9.17) is 16.0 Å². The van der Waals surface area contributed by atoms with Crippen LogP contribution in [-0.4, -0.2) is 15.6 Å². The van der Waals surface area contributed by atoms with Crippen molar-refractivity contribution in [2.24, 2.45) is 0 Å². The topological polar surface area (TPSA) is 56.3 Å². The van der Waals surface area contributed by atoms with Crippen molar-refractivity contribution < 1.29 is 9.34 Å². The van der Waals surface area contributed by atoms with E-state index in [1.165, 1.54) is 11.1 Å². The summed E-state index contributed by atoms with van der Waals surface area (Å²) in [5.74, 6) is 0.733. The molecule has 4 nitrogen and oxygen atoms in total. The third kappa shape index (κ3) is 1.99. The van der Waals surface area contributed by atoms with Crippen molar-refractivity contribution in [3.63, 3.8) is 0 Å². The van der Waals surface area contributed by atoms with Crippen LogP contribution in [0.2, 0.25) is 0 Å². The lowest BCUT2D eigenvalue weighted by atomic mass is 9.96. The van der Waals surface area contributed by atoms with E-state index in [9.17, 15) is 10.1 Å². The molecule has 0 aliphatic heterocycles. The van der Waals surface area contributed by atoms with Crippen LogP contribution in [0, 0.1) is 10.1 Å². The molecule has 4 atom stereocenters. The molecule has 0 unspecified atom stereocenters. The summed E-state index contributed by atoms with van der Waals surface area (Å²) in [7, 11) is 0. The molecule has 2 aromatic rings. The molecule has 1 saturated carbocycles. The zero-order valence-electron chi connectivity index (χ0n) is 10.9. The number of nitro groups is 1. The fourth-order valence-electron chi connectivity index (χ4n) is 3.50. The van der Waals surface area contributed by atoms with Crippen molar-refractivity contribution >= 4 is 29.1 Å². The predicted octanol–water partition coefficient (Wildman–Crippen LogP) is 4.54. The van der Waals surface area contributed by atoms with E-state index < -0.39 is 0 Å². The second-order valence-corrected chi connectivity index (χ2v) is 7.31. The molecule has 2 bridgehead atoms. The van der Waals surface area contributed by atoms with Gasteiger partial charge in [-0.25, -0.2) is 0 Å². The maximum Gasteiger partial charge on any atom is 0.269 e. The van der Waals surface area contributed by atoms with Crippen LogP contribution in [0.15, 0.2) is 46.1 Å². The Morgan fingerprint density at radius 1 is 1.24 bits per heavy atom. The van der Waals surface area contributed by atoms with Gasteiger partial charge in [0.25, 0.3) is 5.69 Å². The second-order valence-electron chi connectivity index (χ2n) is 5.50. The van der Waals surface area contributed by atoms with Gasteiger partial charge >= 0.3 is 0 Å². The number of fused-ring (bicyclic) bond motifs is 5. The first-order chi connectivity index (χ1) is 10.1. The number of nitrogens with zero attached hydrogens (tertiary/aromatic N) is 1. The molecule has 4 rings (SSSR count). The number of hydrogen-bond donors (Lipinski definition) is 0. The van der Waals surface area contributed by atoms with Gasteiger partial charge in [-0.05, 0) is 29.7 Å². The molecular weight excluding hydrogens is 310 g/mol. The minimum absolute atomic E-state index is 0.125. The number of alkyl halides is 1. The zero-order valence-corrected chi connectivity index (χ0v) is 12.5. The fourth-order valence-corrected chi connectivity index (χ4v) is 5.59. The lowest BCUT2D eigenvalue weighted by molar-refractivity contribution is -0.384. The van der Waals surface area contributed by atoms with Gasteiger partial charge in [0.2, 0.25) is 0 Å². The summed E-state index contributed by atoms with van der Waals surface area (Å²) < 4.78 is 5.31. The predicted molar refractivity (Wildman–Crippen MR) is 81.2 cm³/mol. The van der Waals surface area contributed by atoms with Crippen LogP contribution in [-0.2, 0) is 0 Å². The molecular formula is C15H12ClNO3S. The average molecular weight is 322 g/mol. The highest BCUT2D eigenvalue weighted by atomic mass is 35.5. The summed E-state index contributed by atoms with van der Waals surface area (Å²) in [6.07, 6.45) is 4.63. The Hall–Kier alpha value is -1.46. The number of non-ortho nitro benzene ring substituents is 1. The van der Waals surface area contributed by atoms with Crippen LogP contribution in [0.3, 0.4) is 0 Å². The molecule has 0 spiro atoms. The van der Waals surface area contributed by atoms with Crippen molar-refractivity contribution in [3.05, 3.63) is 58.0 Å². The van der Waals surface area contributed by atoms with Crippen LogP contribution >= 0.6 is 23.4 Å².